The Hall–Kier alpha value is -0.100. The second-order valence-electron chi connectivity index (χ2n) is 4.56. The molecule has 1 aliphatic heterocycles. The van der Waals surface area contributed by atoms with Crippen molar-refractivity contribution in [3.63, 3.8) is 0 Å². The topological polar surface area (TPSA) is 37.4 Å². The highest BCUT2D eigenvalue weighted by atomic mass is 35.5. The summed E-state index contributed by atoms with van der Waals surface area (Å²) in [5.74, 6) is 1.92. The number of alkyl halides is 1. The number of nitrogens with zero attached hydrogens (tertiary/aromatic N) is 1. The van der Waals surface area contributed by atoms with Crippen molar-refractivity contribution in [2.45, 2.75) is 18.2 Å². The van der Waals surface area contributed by atoms with Crippen LogP contribution in [-0.4, -0.2) is 37.6 Å². The van der Waals surface area contributed by atoms with Crippen LogP contribution < -0.4 is 4.90 Å². The van der Waals surface area contributed by atoms with Crippen molar-refractivity contribution in [2.24, 2.45) is 0 Å². The Kier molecular flexibility index (Phi) is 5.51. The molecular formula is C13H17Cl2NO2S2. The predicted molar refractivity (Wildman–Crippen MR) is 88.9 cm³/mol. The fourth-order valence-corrected chi connectivity index (χ4v) is 5.81. The van der Waals surface area contributed by atoms with Gasteiger partial charge in [0.05, 0.1) is 10.7 Å². The fraction of sp³-hybridized carbons (Fsp3) is 0.538. The number of rotatable bonds is 4. The van der Waals surface area contributed by atoms with Gasteiger partial charge < -0.3 is 4.90 Å². The van der Waals surface area contributed by atoms with E-state index in [2.05, 4.69) is 0 Å². The van der Waals surface area contributed by atoms with Crippen LogP contribution in [0.2, 0.25) is 5.02 Å². The highest BCUT2D eigenvalue weighted by Crippen LogP contribution is 2.36. The van der Waals surface area contributed by atoms with Crippen LogP contribution in [0.4, 0.5) is 5.69 Å². The summed E-state index contributed by atoms with van der Waals surface area (Å²) in [4.78, 5) is 1.91. The maximum absolute atomic E-state index is 12.3. The van der Waals surface area contributed by atoms with Crippen LogP contribution in [0.1, 0.15) is 12.5 Å². The molecule has 1 fully saturated rings. The van der Waals surface area contributed by atoms with Gasteiger partial charge in [0.15, 0.2) is 9.84 Å². The lowest BCUT2D eigenvalue weighted by Gasteiger charge is -2.38. The number of benzene rings is 1. The molecule has 1 atom stereocenters. The molecule has 1 aromatic carbocycles. The molecule has 1 saturated heterocycles. The van der Waals surface area contributed by atoms with E-state index < -0.39 is 15.2 Å². The number of hydrogen-bond acceptors (Lipinski definition) is 4. The van der Waals surface area contributed by atoms with E-state index in [1.54, 1.807) is 24.8 Å². The number of sulfone groups is 1. The third kappa shape index (κ3) is 3.21. The molecule has 1 unspecified atom stereocenters. The quantitative estimate of drug-likeness (QED) is 0.777. The van der Waals surface area contributed by atoms with Crippen molar-refractivity contribution in [3.05, 3.63) is 28.8 Å². The normalized spacial score (nSPS) is 20.1. The van der Waals surface area contributed by atoms with Gasteiger partial charge in [-0.1, -0.05) is 30.7 Å². The van der Waals surface area contributed by atoms with E-state index in [1.807, 2.05) is 17.0 Å². The van der Waals surface area contributed by atoms with Gasteiger partial charge in [0.2, 0.25) is 0 Å². The van der Waals surface area contributed by atoms with Gasteiger partial charge in [0, 0.05) is 29.7 Å². The monoisotopic (exact) mass is 353 g/mol. The standard InChI is InChI=1S/C13H17Cl2NO2S2/c1-2-20(17,18)12-9-19-7-6-16(12)13-10(8-14)4-3-5-11(13)15/h3-5,12H,2,6-9H2,1H3. The Labute approximate surface area is 134 Å². The number of anilines is 1. The van der Waals surface area contributed by atoms with E-state index in [-0.39, 0.29) is 5.75 Å². The van der Waals surface area contributed by atoms with E-state index in [0.717, 1.165) is 17.0 Å². The first kappa shape index (κ1) is 16.3. The first-order valence-corrected chi connectivity index (χ1v) is 10.2. The van der Waals surface area contributed by atoms with Crippen LogP contribution in [0, 0.1) is 0 Å². The third-order valence-electron chi connectivity index (χ3n) is 3.40. The van der Waals surface area contributed by atoms with Gasteiger partial charge in [-0.2, -0.15) is 11.8 Å². The molecule has 3 nitrogen and oxygen atoms in total. The van der Waals surface area contributed by atoms with Crippen LogP contribution in [0.25, 0.3) is 0 Å². The van der Waals surface area contributed by atoms with E-state index >= 15 is 0 Å². The molecule has 0 bridgehead atoms. The van der Waals surface area contributed by atoms with E-state index in [4.69, 9.17) is 23.2 Å². The Balaban J connectivity index is 2.48. The van der Waals surface area contributed by atoms with E-state index in [9.17, 15) is 8.42 Å². The third-order valence-corrected chi connectivity index (χ3v) is 7.28. The minimum absolute atomic E-state index is 0.134. The molecule has 0 saturated carbocycles. The van der Waals surface area contributed by atoms with Crippen LogP contribution in [0.3, 0.4) is 0 Å². The minimum Gasteiger partial charge on any atom is -0.352 e. The Morgan fingerprint density at radius 2 is 2.20 bits per heavy atom. The average Bonchev–Trinajstić information content (AvgIpc) is 2.47. The second kappa shape index (κ2) is 6.77. The largest absolute Gasteiger partial charge is 0.352 e. The molecule has 1 aromatic rings. The summed E-state index contributed by atoms with van der Waals surface area (Å²) in [6, 6.07) is 5.52. The lowest BCUT2D eigenvalue weighted by molar-refractivity contribution is 0.579. The van der Waals surface area contributed by atoms with E-state index in [0.29, 0.717) is 23.2 Å². The maximum atomic E-state index is 12.3. The number of hydrogen-bond donors (Lipinski definition) is 0. The molecule has 0 radical (unpaired) electrons. The Bertz CT molecular complexity index is 578. The SMILES string of the molecule is CCS(=O)(=O)C1CSCCN1c1c(Cl)cccc1CCl. The number of halogens is 2. The average molecular weight is 354 g/mol. The fourth-order valence-electron chi connectivity index (χ4n) is 2.32. The summed E-state index contributed by atoms with van der Waals surface area (Å²) in [6.07, 6.45) is 0. The van der Waals surface area contributed by atoms with Gasteiger partial charge in [-0.25, -0.2) is 8.42 Å². The summed E-state index contributed by atoms with van der Waals surface area (Å²) in [5, 5.41) is 0.0412. The molecule has 0 aromatic heterocycles. The number of para-hydroxylation sites is 1. The summed E-state index contributed by atoms with van der Waals surface area (Å²) < 4.78 is 24.6. The number of thioether (sulfide) groups is 1. The van der Waals surface area contributed by atoms with Gasteiger partial charge in [-0.15, -0.1) is 11.6 Å². The van der Waals surface area contributed by atoms with Crippen molar-refractivity contribution in [1.29, 1.82) is 0 Å². The van der Waals surface area contributed by atoms with Gasteiger partial charge in [-0.05, 0) is 11.6 Å². The Morgan fingerprint density at radius 1 is 1.45 bits per heavy atom. The van der Waals surface area contributed by atoms with Crippen LogP contribution in [-0.2, 0) is 15.7 Å². The van der Waals surface area contributed by atoms with Crippen molar-refractivity contribution < 1.29 is 8.42 Å². The Morgan fingerprint density at radius 3 is 2.85 bits per heavy atom. The van der Waals surface area contributed by atoms with Crippen LogP contribution in [0.15, 0.2) is 18.2 Å². The summed E-state index contributed by atoms with van der Waals surface area (Å²) in [6.45, 7) is 2.35. The lowest BCUT2D eigenvalue weighted by atomic mass is 10.1. The van der Waals surface area contributed by atoms with Gasteiger partial charge in [0.25, 0.3) is 0 Å². The first-order chi connectivity index (χ1) is 9.51. The van der Waals surface area contributed by atoms with Gasteiger partial charge in [-0.3, -0.25) is 0 Å². The molecule has 0 N–H and O–H groups in total. The van der Waals surface area contributed by atoms with Crippen LogP contribution >= 0.6 is 35.0 Å². The summed E-state index contributed by atoms with van der Waals surface area (Å²) >= 11 is 13.9. The smallest absolute Gasteiger partial charge is 0.171 e. The molecule has 20 heavy (non-hydrogen) atoms. The van der Waals surface area contributed by atoms with E-state index in [1.165, 1.54) is 0 Å². The zero-order valence-corrected chi connectivity index (χ0v) is 14.3. The highest BCUT2D eigenvalue weighted by molar-refractivity contribution is 8.01. The van der Waals surface area contributed by atoms with Gasteiger partial charge in [0.1, 0.15) is 5.37 Å². The molecule has 112 valence electrons. The molecule has 1 heterocycles. The van der Waals surface area contributed by atoms with Crippen molar-refractivity contribution in [3.8, 4) is 0 Å². The molecule has 0 spiro atoms. The lowest BCUT2D eigenvalue weighted by Crippen LogP contribution is -2.48. The molecule has 7 heteroatoms. The zero-order chi connectivity index (χ0) is 14.8. The molecule has 0 amide bonds. The molecule has 1 aliphatic rings. The summed E-state index contributed by atoms with van der Waals surface area (Å²) in [7, 11) is -3.16. The van der Waals surface area contributed by atoms with Crippen LogP contribution in [0.5, 0.6) is 0 Å². The van der Waals surface area contributed by atoms with Crippen molar-refractivity contribution in [1.82, 2.24) is 0 Å². The van der Waals surface area contributed by atoms with Gasteiger partial charge >= 0.3 is 0 Å². The molecular weight excluding hydrogens is 337 g/mol. The minimum atomic E-state index is -3.16. The van der Waals surface area contributed by atoms with Crippen molar-refractivity contribution >= 4 is 50.5 Å². The zero-order valence-electron chi connectivity index (χ0n) is 11.2. The summed E-state index contributed by atoms with van der Waals surface area (Å²) in [5.41, 5.74) is 1.65. The molecule has 0 aliphatic carbocycles. The predicted octanol–water partition coefficient (Wildman–Crippen LogP) is 3.39. The highest BCUT2D eigenvalue weighted by Gasteiger charge is 2.34. The van der Waals surface area contributed by atoms with Crippen molar-refractivity contribution in [2.75, 3.05) is 28.7 Å². The second-order valence-corrected chi connectivity index (χ2v) is 8.83. The maximum Gasteiger partial charge on any atom is 0.171 e. The first-order valence-electron chi connectivity index (χ1n) is 6.40. The molecule has 2 rings (SSSR count).